The van der Waals surface area contributed by atoms with E-state index in [1.54, 1.807) is 0 Å². The van der Waals surface area contributed by atoms with Crippen LogP contribution in [0.25, 0.3) is 0 Å². The summed E-state index contributed by atoms with van der Waals surface area (Å²) >= 11 is 0. The molecule has 3 heterocycles. The molecule has 4 rings (SSSR count). The SMILES string of the molecule is Cc1nc([C@H]2CCCN2C(=O)CC2CCN(Cc3ccccc3)CC2)n[nH]1. The molecular formula is C21H29N5O. The summed E-state index contributed by atoms with van der Waals surface area (Å²) < 4.78 is 0. The molecule has 2 aromatic rings. The Morgan fingerprint density at radius 1 is 1.15 bits per heavy atom. The number of nitrogens with zero attached hydrogens (tertiary/aromatic N) is 4. The third kappa shape index (κ3) is 4.38. The molecule has 0 radical (unpaired) electrons. The van der Waals surface area contributed by atoms with Gasteiger partial charge in [-0.25, -0.2) is 4.98 Å². The van der Waals surface area contributed by atoms with Crippen LogP contribution in [0.2, 0.25) is 0 Å². The Balaban J connectivity index is 1.28. The molecule has 0 unspecified atom stereocenters. The fourth-order valence-corrected chi connectivity index (χ4v) is 4.40. The monoisotopic (exact) mass is 367 g/mol. The van der Waals surface area contributed by atoms with Crippen molar-refractivity contribution in [1.29, 1.82) is 0 Å². The Labute approximate surface area is 161 Å². The van der Waals surface area contributed by atoms with Crippen LogP contribution in [0.4, 0.5) is 0 Å². The van der Waals surface area contributed by atoms with Gasteiger partial charge in [0.1, 0.15) is 5.82 Å². The summed E-state index contributed by atoms with van der Waals surface area (Å²) in [4.78, 5) is 21.9. The van der Waals surface area contributed by atoms with E-state index in [-0.39, 0.29) is 11.9 Å². The molecule has 2 saturated heterocycles. The number of nitrogens with one attached hydrogen (secondary N) is 1. The number of carbonyl (C=O) groups excluding carboxylic acids is 1. The fourth-order valence-electron chi connectivity index (χ4n) is 4.40. The lowest BCUT2D eigenvalue weighted by molar-refractivity contribution is -0.133. The van der Waals surface area contributed by atoms with Crippen LogP contribution in [-0.2, 0) is 11.3 Å². The van der Waals surface area contributed by atoms with Crippen molar-refractivity contribution in [1.82, 2.24) is 25.0 Å². The van der Waals surface area contributed by atoms with Crippen LogP contribution in [0, 0.1) is 12.8 Å². The van der Waals surface area contributed by atoms with Gasteiger partial charge in [0.2, 0.25) is 5.91 Å². The molecule has 2 aliphatic heterocycles. The van der Waals surface area contributed by atoms with E-state index in [9.17, 15) is 4.79 Å². The van der Waals surface area contributed by atoms with Crippen LogP contribution < -0.4 is 0 Å². The van der Waals surface area contributed by atoms with Gasteiger partial charge in [0.25, 0.3) is 0 Å². The number of carbonyl (C=O) groups is 1. The molecule has 1 aromatic heterocycles. The molecule has 6 heteroatoms. The molecule has 1 amide bonds. The standard InChI is InChI=1S/C21H29N5O/c1-16-22-21(24-23-16)19-8-5-11-26(19)20(27)14-17-9-12-25(13-10-17)15-18-6-3-2-4-7-18/h2-4,6-7,17,19H,5,8-15H2,1H3,(H,22,23,24)/t19-/m1/s1. The number of aromatic amines is 1. The number of rotatable bonds is 5. The first-order chi connectivity index (χ1) is 13.2. The fraction of sp³-hybridized carbons (Fsp3) is 0.571. The second-order valence-electron chi connectivity index (χ2n) is 7.93. The van der Waals surface area contributed by atoms with E-state index in [0.29, 0.717) is 12.3 Å². The van der Waals surface area contributed by atoms with Crippen molar-refractivity contribution in [2.75, 3.05) is 19.6 Å². The van der Waals surface area contributed by atoms with Crippen molar-refractivity contribution in [3.05, 3.63) is 47.5 Å². The quantitative estimate of drug-likeness (QED) is 0.882. The molecule has 6 nitrogen and oxygen atoms in total. The third-order valence-corrected chi connectivity index (χ3v) is 5.91. The first kappa shape index (κ1) is 18.2. The number of aryl methyl sites for hydroxylation is 1. The van der Waals surface area contributed by atoms with Gasteiger partial charge >= 0.3 is 0 Å². The first-order valence-electron chi connectivity index (χ1n) is 10.1. The zero-order chi connectivity index (χ0) is 18.6. The van der Waals surface area contributed by atoms with Crippen molar-refractivity contribution in [3.8, 4) is 0 Å². The number of aromatic nitrogens is 3. The summed E-state index contributed by atoms with van der Waals surface area (Å²) in [6.45, 7) is 5.91. The van der Waals surface area contributed by atoms with E-state index in [0.717, 1.165) is 63.5 Å². The zero-order valence-corrected chi connectivity index (χ0v) is 16.1. The van der Waals surface area contributed by atoms with E-state index in [2.05, 4.69) is 50.4 Å². The van der Waals surface area contributed by atoms with Gasteiger partial charge in [-0.2, -0.15) is 5.10 Å². The van der Waals surface area contributed by atoms with E-state index < -0.39 is 0 Å². The highest BCUT2D eigenvalue weighted by molar-refractivity contribution is 5.77. The Morgan fingerprint density at radius 2 is 1.93 bits per heavy atom. The van der Waals surface area contributed by atoms with E-state index in [1.807, 2.05) is 11.8 Å². The molecule has 0 bridgehead atoms. The summed E-state index contributed by atoms with van der Waals surface area (Å²) in [6, 6.07) is 10.7. The molecule has 144 valence electrons. The maximum absolute atomic E-state index is 12.9. The van der Waals surface area contributed by atoms with Crippen LogP contribution in [0.1, 0.15) is 55.4 Å². The minimum Gasteiger partial charge on any atom is -0.332 e. The molecule has 0 aliphatic carbocycles. The Hall–Kier alpha value is -2.21. The maximum Gasteiger partial charge on any atom is 0.223 e. The number of benzene rings is 1. The summed E-state index contributed by atoms with van der Waals surface area (Å²) in [5, 5.41) is 7.20. The zero-order valence-electron chi connectivity index (χ0n) is 16.1. The highest BCUT2D eigenvalue weighted by Crippen LogP contribution is 2.32. The minimum absolute atomic E-state index is 0.0561. The number of H-pyrrole nitrogens is 1. The molecular weight excluding hydrogens is 338 g/mol. The third-order valence-electron chi connectivity index (χ3n) is 5.91. The molecule has 27 heavy (non-hydrogen) atoms. The molecule has 1 N–H and O–H groups in total. The normalized spacial score (nSPS) is 21.7. The molecule has 0 spiro atoms. The predicted octanol–water partition coefficient (Wildman–Crippen LogP) is 3.08. The molecule has 1 aromatic carbocycles. The van der Waals surface area contributed by atoms with Gasteiger partial charge < -0.3 is 4.90 Å². The maximum atomic E-state index is 12.9. The first-order valence-corrected chi connectivity index (χ1v) is 10.1. The van der Waals surface area contributed by atoms with Crippen molar-refractivity contribution in [2.24, 2.45) is 5.92 Å². The van der Waals surface area contributed by atoms with Crippen molar-refractivity contribution in [3.63, 3.8) is 0 Å². The second-order valence-corrected chi connectivity index (χ2v) is 7.93. The van der Waals surface area contributed by atoms with Crippen molar-refractivity contribution in [2.45, 2.75) is 51.6 Å². The summed E-state index contributed by atoms with van der Waals surface area (Å²) in [5.74, 6) is 2.37. The number of amides is 1. The van der Waals surface area contributed by atoms with Gasteiger partial charge in [-0.3, -0.25) is 14.8 Å². The lowest BCUT2D eigenvalue weighted by atomic mass is 9.92. The van der Waals surface area contributed by atoms with Gasteiger partial charge in [-0.1, -0.05) is 30.3 Å². The van der Waals surface area contributed by atoms with Crippen molar-refractivity contribution >= 4 is 5.91 Å². The molecule has 0 saturated carbocycles. The lowest BCUT2D eigenvalue weighted by Crippen LogP contribution is -2.37. The summed E-state index contributed by atoms with van der Waals surface area (Å²) in [7, 11) is 0. The lowest BCUT2D eigenvalue weighted by Gasteiger charge is -2.33. The van der Waals surface area contributed by atoms with Gasteiger partial charge in [0, 0.05) is 19.5 Å². The number of hydrogen-bond acceptors (Lipinski definition) is 4. The Bertz CT molecular complexity index is 751. The number of piperidine rings is 1. The van der Waals surface area contributed by atoms with E-state index in [1.165, 1.54) is 5.56 Å². The molecule has 2 aliphatic rings. The summed E-state index contributed by atoms with van der Waals surface area (Å²) in [5.41, 5.74) is 1.37. The Kier molecular flexibility index (Phi) is 5.53. The average Bonchev–Trinajstić information content (AvgIpc) is 3.33. The molecule has 2 fully saturated rings. The predicted molar refractivity (Wildman–Crippen MR) is 104 cm³/mol. The minimum atomic E-state index is 0.0561. The van der Waals surface area contributed by atoms with Gasteiger partial charge in [0.15, 0.2) is 5.82 Å². The average molecular weight is 367 g/mol. The smallest absolute Gasteiger partial charge is 0.223 e. The highest BCUT2D eigenvalue weighted by Gasteiger charge is 2.34. The Morgan fingerprint density at radius 3 is 2.63 bits per heavy atom. The number of likely N-dealkylation sites (tertiary alicyclic amines) is 2. The number of hydrogen-bond donors (Lipinski definition) is 1. The van der Waals surface area contributed by atoms with Crippen LogP contribution in [-0.4, -0.2) is 50.5 Å². The topological polar surface area (TPSA) is 65.1 Å². The van der Waals surface area contributed by atoms with Crippen LogP contribution in [0.3, 0.4) is 0 Å². The largest absolute Gasteiger partial charge is 0.332 e. The van der Waals surface area contributed by atoms with Gasteiger partial charge in [0.05, 0.1) is 6.04 Å². The van der Waals surface area contributed by atoms with E-state index >= 15 is 0 Å². The highest BCUT2D eigenvalue weighted by atomic mass is 16.2. The molecule has 1 atom stereocenters. The van der Waals surface area contributed by atoms with Crippen LogP contribution in [0.5, 0.6) is 0 Å². The van der Waals surface area contributed by atoms with Gasteiger partial charge in [-0.05, 0) is 57.2 Å². The van der Waals surface area contributed by atoms with Crippen molar-refractivity contribution < 1.29 is 4.79 Å². The van der Waals surface area contributed by atoms with Crippen LogP contribution in [0.15, 0.2) is 30.3 Å². The van der Waals surface area contributed by atoms with E-state index in [4.69, 9.17) is 0 Å². The second kappa shape index (κ2) is 8.21. The van der Waals surface area contributed by atoms with Crippen LogP contribution >= 0.6 is 0 Å². The van der Waals surface area contributed by atoms with Gasteiger partial charge in [-0.15, -0.1) is 0 Å². The summed E-state index contributed by atoms with van der Waals surface area (Å²) in [6.07, 6.45) is 4.89.